The SMILES string of the molecule is COc1cc(-c2nc(-c3cccc4c3oc3cccc(-c5ccccc5-c5ccccc5)c34)nc(-c3cccc4c3sc3cccc(-c5cccc(-c6ccccc6)c5)c34)n2)cc2ccccc12. The Labute approximate surface area is 396 Å². The molecule has 0 unspecified atom stereocenters. The van der Waals surface area contributed by atoms with Gasteiger partial charge in [-0.2, -0.15) is 0 Å². The summed E-state index contributed by atoms with van der Waals surface area (Å²) < 4.78 is 15.2. The van der Waals surface area contributed by atoms with E-state index in [1.165, 1.54) is 32.3 Å². The minimum atomic E-state index is 0.518. The number of furan rings is 1. The molecular weight excluding hydrogens is 851 g/mol. The number of thiophene rings is 1. The molecule has 0 aliphatic rings. The van der Waals surface area contributed by atoms with Crippen LogP contribution in [-0.2, 0) is 0 Å². The molecule has 0 saturated heterocycles. The lowest BCUT2D eigenvalue weighted by atomic mass is 9.92. The molecule has 0 amide bonds. The van der Waals surface area contributed by atoms with Crippen LogP contribution in [0.5, 0.6) is 5.75 Å². The predicted octanol–water partition coefficient (Wildman–Crippen LogP) is 17.0. The fourth-order valence-corrected chi connectivity index (χ4v) is 11.2. The molecule has 3 heterocycles. The maximum Gasteiger partial charge on any atom is 0.167 e. The highest BCUT2D eigenvalue weighted by Gasteiger charge is 2.23. The van der Waals surface area contributed by atoms with Crippen LogP contribution >= 0.6 is 11.3 Å². The summed E-state index contributed by atoms with van der Waals surface area (Å²) in [6.07, 6.45) is 0. The van der Waals surface area contributed by atoms with E-state index in [9.17, 15) is 0 Å². The second-order valence-electron chi connectivity index (χ2n) is 17.0. The van der Waals surface area contributed by atoms with Crippen molar-refractivity contribution in [2.45, 2.75) is 0 Å². The highest BCUT2D eigenvalue weighted by Crippen LogP contribution is 2.46. The van der Waals surface area contributed by atoms with Gasteiger partial charge in [0.15, 0.2) is 17.5 Å². The van der Waals surface area contributed by atoms with Crippen LogP contribution in [0.3, 0.4) is 0 Å². The molecule has 0 N–H and O–H groups in total. The summed E-state index contributed by atoms with van der Waals surface area (Å²) >= 11 is 1.77. The van der Waals surface area contributed by atoms with E-state index in [2.05, 4.69) is 194 Å². The van der Waals surface area contributed by atoms with E-state index in [0.29, 0.717) is 23.1 Å². The number of hydrogen-bond donors (Lipinski definition) is 0. The summed E-state index contributed by atoms with van der Waals surface area (Å²) in [7, 11) is 1.71. The van der Waals surface area contributed by atoms with E-state index in [4.69, 9.17) is 24.1 Å². The van der Waals surface area contributed by atoms with Crippen molar-refractivity contribution in [3.05, 3.63) is 218 Å². The monoisotopic (exact) mass is 889 g/mol. The van der Waals surface area contributed by atoms with Crippen LogP contribution in [-0.4, -0.2) is 22.1 Å². The number of methoxy groups -OCH3 is 1. The van der Waals surface area contributed by atoms with E-state index in [1.54, 1.807) is 18.4 Å². The van der Waals surface area contributed by atoms with Crippen molar-refractivity contribution in [3.63, 3.8) is 0 Å². The molecule has 5 nitrogen and oxygen atoms in total. The highest BCUT2D eigenvalue weighted by molar-refractivity contribution is 7.26. The third-order valence-electron chi connectivity index (χ3n) is 13.0. The Hall–Kier alpha value is -8.71. The lowest BCUT2D eigenvalue weighted by molar-refractivity contribution is 0.420. The number of benzene rings is 10. The molecule has 0 spiro atoms. The van der Waals surface area contributed by atoms with Crippen LogP contribution in [0, 0.1) is 0 Å². The maximum absolute atomic E-state index is 6.91. The molecular formula is C62H39N3O2S. The molecule has 6 heteroatoms. The molecule has 0 saturated carbocycles. The number of nitrogens with zero attached hydrogens (tertiary/aromatic N) is 3. The Morgan fingerprint density at radius 1 is 0.382 bits per heavy atom. The van der Waals surface area contributed by atoms with Gasteiger partial charge in [0.25, 0.3) is 0 Å². The van der Waals surface area contributed by atoms with Gasteiger partial charge in [-0.25, -0.2) is 15.0 Å². The third-order valence-corrected chi connectivity index (χ3v) is 14.3. The van der Waals surface area contributed by atoms with Crippen LogP contribution in [0.25, 0.3) is 132 Å². The van der Waals surface area contributed by atoms with Gasteiger partial charge in [-0.1, -0.05) is 176 Å². The van der Waals surface area contributed by atoms with Crippen LogP contribution in [0.2, 0.25) is 0 Å². The number of ether oxygens (including phenoxy) is 1. The van der Waals surface area contributed by atoms with Gasteiger partial charge < -0.3 is 9.15 Å². The molecule has 0 fully saturated rings. The Morgan fingerprint density at radius 3 is 1.81 bits per heavy atom. The summed E-state index contributed by atoms with van der Waals surface area (Å²) in [6.45, 7) is 0. The van der Waals surface area contributed by atoms with Gasteiger partial charge >= 0.3 is 0 Å². The Bertz CT molecular complexity index is 4080. The summed E-state index contributed by atoms with van der Waals surface area (Å²) in [6, 6.07) is 76.6. The van der Waals surface area contributed by atoms with Gasteiger partial charge in [0.1, 0.15) is 16.9 Å². The highest BCUT2D eigenvalue weighted by atomic mass is 32.1. The predicted molar refractivity (Wildman–Crippen MR) is 282 cm³/mol. The van der Waals surface area contributed by atoms with Gasteiger partial charge in [0.2, 0.25) is 0 Å². The van der Waals surface area contributed by atoms with Crippen molar-refractivity contribution >= 4 is 64.2 Å². The van der Waals surface area contributed by atoms with Crippen LogP contribution in [0.4, 0.5) is 0 Å². The van der Waals surface area contributed by atoms with Crippen LogP contribution < -0.4 is 4.74 Å². The van der Waals surface area contributed by atoms with Crippen LogP contribution in [0.15, 0.2) is 223 Å². The Morgan fingerprint density at radius 2 is 0.971 bits per heavy atom. The van der Waals surface area contributed by atoms with E-state index in [0.717, 1.165) is 81.9 Å². The third kappa shape index (κ3) is 6.64. The normalized spacial score (nSPS) is 11.6. The Kier molecular flexibility index (Phi) is 9.51. The van der Waals surface area contributed by atoms with Gasteiger partial charge in [-0.15, -0.1) is 11.3 Å². The summed E-state index contributed by atoms with van der Waals surface area (Å²) in [5, 5.41) is 6.45. The molecule has 0 atom stereocenters. The quantitative estimate of drug-likeness (QED) is 0.152. The zero-order valence-electron chi connectivity index (χ0n) is 36.9. The van der Waals surface area contributed by atoms with Crippen LogP contribution in [0.1, 0.15) is 0 Å². The lowest BCUT2D eigenvalue weighted by Gasteiger charge is -2.12. The first-order chi connectivity index (χ1) is 33.7. The molecule has 10 aromatic carbocycles. The topological polar surface area (TPSA) is 61.0 Å². The molecule has 0 radical (unpaired) electrons. The van der Waals surface area contributed by atoms with E-state index in [1.807, 2.05) is 24.3 Å². The molecule has 13 rings (SSSR count). The largest absolute Gasteiger partial charge is 0.496 e. The average Bonchev–Trinajstić information content (AvgIpc) is 4.00. The second kappa shape index (κ2) is 16.3. The number of aromatic nitrogens is 3. The summed E-state index contributed by atoms with van der Waals surface area (Å²) in [4.78, 5) is 16.1. The summed E-state index contributed by atoms with van der Waals surface area (Å²) in [5.74, 6) is 2.38. The van der Waals surface area contributed by atoms with Crippen molar-refractivity contribution in [3.8, 4) is 84.4 Å². The number of rotatable bonds is 8. The zero-order valence-corrected chi connectivity index (χ0v) is 37.7. The van der Waals surface area contributed by atoms with Crippen molar-refractivity contribution in [1.82, 2.24) is 15.0 Å². The maximum atomic E-state index is 6.91. The molecule has 320 valence electrons. The number of para-hydroxylation sites is 1. The molecule has 0 bridgehead atoms. The molecule has 13 aromatic rings. The van der Waals surface area contributed by atoms with Gasteiger partial charge in [-0.05, 0) is 92.4 Å². The van der Waals surface area contributed by atoms with E-state index in [-0.39, 0.29) is 0 Å². The molecule has 3 aromatic heterocycles. The smallest absolute Gasteiger partial charge is 0.167 e. The summed E-state index contributed by atoms with van der Waals surface area (Å²) in [5.41, 5.74) is 13.3. The van der Waals surface area contributed by atoms with Crippen molar-refractivity contribution in [2.24, 2.45) is 0 Å². The first-order valence-electron chi connectivity index (χ1n) is 22.7. The number of fused-ring (bicyclic) bond motifs is 7. The van der Waals surface area contributed by atoms with Crippen molar-refractivity contribution in [1.29, 1.82) is 0 Å². The van der Waals surface area contributed by atoms with Gasteiger partial charge in [0, 0.05) is 47.5 Å². The standard InChI is InChI=1S/C62H39N3O2S/c1-66-54-37-43(36-41-21-8-9-25-45(41)54)60-63-61(51-31-13-29-49-56-48(28-15-33-53(56)67-58(49)51)47-26-11-10-24-44(47)39-19-6-3-7-20-39)65-62(64-60)52-32-14-30-50-57-46(27-16-34-55(57)68-59(50)52)42-23-12-22-40(35-42)38-17-4-2-5-18-38/h2-37H,1H3. The van der Waals surface area contributed by atoms with Gasteiger partial charge in [0.05, 0.1) is 12.7 Å². The van der Waals surface area contributed by atoms with E-state index < -0.39 is 0 Å². The molecule has 0 aliphatic carbocycles. The van der Waals surface area contributed by atoms with Crippen molar-refractivity contribution < 1.29 is 9.15 Å². The first kappa shape index (κ1) is 39.6. The van der Waals surface area contributed by atoms with Gasteiger partial charge in [-0.3, -0.25) is 0 Å². The minimum absolute atomic E-state index is 0.518. The van der Waals surface area contributed by atoms with Crippen molar-refractivity contribution in [2.75, 3.05) is 7.11 Å². The lowest BCUT2D eigenvalue weighted by Crippen LogP contribution is -2.01. The zero-order chi connectivity index (χ0) is 45.1. The average molecular weight is 890 g/mol. The minimum Gasteiger partial charge on any atom is -0.496 e. The fraction of sp³-hybridized carbons (Fsp3) is 0.0161. The number of hydrogen-bond acceptors (Lipinski definition) is 6. The molecule has 68 heavy (non-hydrogen) atoms. The fourth-order valence-electron chi connectivity index (χ4n) is 9.92. The molecule has 0 aliphatic heterocycles. The van der Waals surface area contributed by atoms with E-state index >= 15 is 0 Å². The second-order valence-corrected chi connectivity index (χ2v) is 18.0. The Balaban J connectivity index is 1.03. The first-order valence-corrected chi connectivity index (χ1v) is 23.5.